The van der Waals surface area contributed by atoms with Gasteiger partial charge in [0.25, 0.3) is 11.8 Å². The highest BCUT2D eigenvalue weighted by Gasteiger charge is 2.31. The summed E-state index contributed by atoms with van der Waals surface area (Å²) < 4.78 is 7.31. The Labute approximate surface area is 147 Å². The lowest BCUT2D eigenvalue weighted by Gasteiger charge is -2.25. The monoisotopic (exact) mass is 344 g/mol. The second-order valence-corrected chi connectivity index (χ2v) is 6.18. The standard InChI is InChI=1S/C17H24N6O2/c1-4-11-25-16-15(18-8-9-19-16)23-10-6-13(12-23)21(2)17(24)14-5-7-20-22(14)3/h5,7-9,13H,4,6,10-12H2,1-3H3/t13-/m1/s1. The molecule has 134 valence electrons. The van der Waals surface area contributed by atoms with Gasteiger partial charge < -0.3 is 14.5 Å². The predicted molar refractivity (Wildman–Crippen MR) is 93.7 cm³/mol. The van der Waals surface area contributed by atoms with E-state index >= 15 is 0 Å². The Morgan fingerprint density at radius 2 is 2.16 bits per heavy atom. The molecule has 8 heteroatoms. The lowest BCUT2D eigenvalue weighted by Crippen LogP contribution is -2.40. The molecule has 0 spiro atoms. The van der Waals surface area contributed by atoms with Crippen LogP contribution in [-0.2, 0) is 7.05 Å². The number of amides is 1. The summed E-state index contributed by atoms with van der Waals surface area (Å²) in [5.74, 6) is 1.29. The number of aromatic nitrogens is 4. The summed E-state index contributed by atoms with van der Waals surface area (Å²) in [4.78, 5) is 25.3. The Kier molecular flexibility index (Phi) is 5.16. The third-order valence-electron chi connectivity index (χ3n) is 4.46. The van der Waals surface area contributed by atoms with Crippen LogP contribution in [0.1, 0.15) is 30.3 Å². The van der Waals surface area contributed by atoms with Crippen molar-refractivity contribution in [2.75, 3.05) is 31.6 Å². The lowest BCUT2D eigenvalue weighted by atomic mass is 10.2. The van der Waals surface area contributed by atoms with E-state index in [4.69, 9.17) is 4.74 Å². The van der Waals surface area contributed by atoms with Crippen molar-refractivity contribution in [1.29, 1.82) is 0 Å². The van der Waals surface area contributed by atoms with Crippen LogP contribution in [0.5, 0.6) is 5.88 Å². The topological polar surface area (TPSA) is 76.4 Å². The molecule has 1 saturated heterocycles. The maximum absolute atomic E-state index is 12.7. The lowest BCUT2D eigenvalue weighted by molar-refractivity contribution is 0.0734. The first kappa shape index (κ1) is 17.2. The summed E-state index contributed by atoms with van der Waals surface area (Å²) >= 11 is 0. The van der Waals surface area contributed by atoms with Crippen LogP contribution in [0.4, 0.5) is 5.82 Å². The fraction of sp³-hybridized carbons (Fsp3) is 0.529. The number of anilines is 1. The third-order valence-corrected chi connectivity index (χ3v) is 4.46. The van der Waals surface area contributed by atoms with Crippen LogP contribution in [0.3, 0.4) is 0 Å². The summed E-state index contributed by atoms with van der Waals surface area (Å²) in [6, 6.07) is 1.86. The van der Waals surface area contributed by atoms with Crippen LogP contribution in [0.15, 0.2) is 24.7 Å². The van der Waals surface area contributed by atoms with Crippen molar-refractivity contribution in [2.45, 2.75) is 25.8 Å². The minimum Gasteiger partial charge on any atom is -0.475 e. The van der Waals surface area contributed by atoms with Crippen LogP contribution in [0.2, 0.25) is 0 Å². The average molecular weight is 344 g/mol. The molecule has 1 atom stereocenters. The molecule has 1 fully saturated rings. The van der Waals surface area contributed by atoms with Crippen molar-refractivity contribution in [1.82, 2.24) is 24.6 Å². The van der Waals surface area contributed by atoms with Crippen LogP contribution < -0.4 is 9.64 Å². The number of likely N-dealkylation sites (N-methyl/N-ethyl adjacent to an activating group) is 1. The van der Waals surface area contributed by atoms with E-state index in [-0.39, 0.29) is 11.9 Å². The molecule has 0 aliphatic carbocycles. The Balaban J connectivity index is 1.70. The third kappa shape index (κ3) is 3.57. The number of rotatable bonds is 6. The molecular weight excluding hydrogens is 320 g/mol. The molecule has 0 N–H and O–H groups in total. The highest BCUT2D eigenvalue weighted by molar-refractivity contribution is 5.92. The van der Waals surface area contributed by atoms with Gasteiger partial charge >= 0.3 is 0 Å². The van der Waals surface area contributed by atoms with E-state index in [1.54, 1.807) is 41.3 Å². The van der Waals surface area contributed by atoms with Gasteiger partial charge in [-0.2, -0.15) is 5.10 Å². The van der Waals surface area contributed by atoms with Crippen molar-refractivity contribution >= 4 is 11.7 Å². The van der Waals surface area contributed by atoms with E-state index in [0.29, 0.717) is 24.7 Å². The van der Waals surface area contributed by atoms with Gasteiger partial charge in [-0.1, -0.05) is 6.92 Å². The Morgan fingerprint density at radius 1 is 1.36 bits per heavy atom. The van der Waals surface area contributed by atoms with Crippen molar-refractivity contribution in [2.24, 2.45) is 7.05 Å². The second kappa shape index (κ2) is 7.50. The van der Waals surface area contributed by atoms with E-state index in [2.05, 4.69) is 26.9 Å². The molecule has 0 radical (unpaired) electrons. The van der Waals surface area contributed by atoms with Gasteiger partial charge in [-0.3, -0.25) is 9.48 Å². The van der Waals surface area contributed by atoms with E-state index in [1.807, 2.05) is 7.05 Å². The highest BCUT2D eigenvalue weighted by atomic mass is 16.5. The molecular formula is C17H24N6O2. The number of nitrogens with zero attached hydrogens (tertiary/aromatic N) is 6. The molecule has 2 aromatic heterocycles. The van der Waals surface area contributed by atoms with Crippen molar-refractivity contribution in [3.8, 4) is 5.88 Å². The van der Waals surface area contributed by atoms with Gasteiger partial charge in [0.1, 0.15) is 5.69 Å². The van der Waals surface area contributed by atoms with E-state index in [9.17, 15) is 4.79 Å². The summed E-state index contributed by atoms with van der Waals surface area (Å²) in [5, 5.41) is 4.07. The quantitative estimate of drug-likeness (QED) is 0.787. The number of hydrogen-bond acceptors (Lipinski definition) is 6. The van der Waals surface area contributed by atoms with Gasteiger partial charge in [0.15, 0.2) is 5.82 Å². The first-order chi connectivity index (χ1) is 12.1. The molecule has 0 saturated carbocycles. The summed E-state index contributed by atoms with van der Waals surface area (Å²) in [6.45, 7) is 4.19. The normalized spacial score (nSPS) is 16.9. The van der Waals surface area contributed by atoms with Crippen LogP contribution >= 0.6 is 0 Å². The van der Waals surface area contributed by atoms with Crippen molar-refractivity contribution < 1.29 is 9.53 Å². The maximum atomic E-state index is 12.7. The van der Waals surface area contributed by atoms with Gasteiger partial charge in [-0.25, -0.2) is 9.97 Å². The first-order valence-electron chi connectivity index (χ1n) is 8.55. The summed E-state index contributed by atoms with van der Waals surface area (Å²) in [6.07, 6.45) is 6.75. The maximum Gasteiger partial charge on any atom is 0.272 e. The number of ether oxygens (including phenoxy) is 1. The molecule has 0 aromatic carbocycles. The Hall–Kier alpha value is -2.64. The fourth-order valence-corrected chi connectivity index (χ4v) is 3.02. The highest BCUT2D eigenvalue weighted by Crippen LogP contribution is 2.28. The fourth-order valence-electron chi connectivity index (χ4n) is 3.02. The molecule has 1 aliphatic heterocycles. The average Bonchev–Trinajstić information content (AvgIpc) is 3.28. The van der Waals surface area contributed by atoms with E-state index < -0.39 is 0 Å². The smallest absolute Gasteiger partial charge is 0.272 e. The molecule has 1 amide bonds. The van der Waals surface area contributed by atoms with Crippen LogP contribution in [0.25, 0.3) is 0 Å². The molecule has 2 aromatic rings. The number of aryl methyl sites for hydroxylation is 1. The zero-order chi connectivity index (χ0) is 17.8. The van der Waals surface area contributed by atoms with Crippen LogP contribution in [0, 0.1) is 0 Å². The van der Waals surface area contributed by atoms with Gasteiger partial charge in [0.05, 0.1) is 12.6 Å². The van der Waals surface area contributed by atoms with Gasteiger partial charge in [0, 0.05) is 45.8 Å². The van der Waals surface area contributed by atoms with Crippen LogP contribution in [-0.4, -0.2) is 63.3 Å². The van der Waals surface area contributed by atoms with Crippen molar-refractivity contribution in [3.63, 3.8) is 0 Å². The molecule has 8 nitrogen and oxygen atoms in total. The Morgan fingerprint density at radius 3 is 2.88 bits per heavy atom. The van der Waals surface area contributed by atoms with Crippen molar-refractivity contribution in [3.05, 3.63) is 30.4 Å². The molecule has 1 aliphatic rings. The molecule has 3 heterocycles. The second-order valence-electron chi connectivity index (χ2n) is 6.18. The molecule has 3 rings (SSSR count). The minimum absolute atomic E-state index is 0.0200. The zero-order valence-corrected chi connectivity index (χ0v) is 14.9. The molecule has 25 heavy (non-hydrogen) atoms. The molecule has 0 bridgehead atoms. The SMILES string of the molecule is CCCOc1nccnc1N1CC[C@@H](N(C)C(=O)c2ccnn2C)C1. The Bertz CT molecular complexity index is 731. The summed E-state index contributed by atoms with van der Waals surface area (Å²) in [7, 11) is 3.62. The van der Waals surface area contributed by atoms with Gasteiger partial charge in [0.2, 0.25) is 0 Å². The van der Waals surface area contributed by atoms with Gasteiger partial charge in [-0.15, -0.1) is 0 Å². The summed E-state index contributed by atoms with van der Waals surface area (Å²) in [5.41, 5.74) is 0.590. The van der Waals surface area contributed by atoms with E-state index in [1.165, 1.54) is 0 Å². The predicted octanol–water partition coefficient (Wildman–Crippen LogP) is 1.35. The molecule has 0 unspecified atom stereocenters. The van der Waals surface area contributed by atoms with E-state index in [0.717, 1.165) is 25.2 Å². The first-order valence-corrected chi connectivity index (χ1v) is 8.55. The van der Waals surface area contributed by atoms with Gasteiger partial charge in [-0.05, 0) is 18.9 Å². The zero-order valence-electron chi connectivity index (χ0n) is 14.9. The minimum atomic E-state index is -0.0200. The largest absolute Gasteiger partial charge is 0.475 e. The number of hydrogen-bond donors (Lipinski definition) is 0. The number of carbonyl (C=O) groups excluding carboxylic acids is 1. The number of carbonyl (C=O) groups is 1.